The Morgan fingerprint density at radius 1 is 0.533 bits per heavy atom. The number of methoxy groups -OCH3 is 2. The molecule has 316 valence electrons. The first-order valence-corrected chi connectivity index (χ1v) is 20.6. The summed E-state index contributed by atoms with van der Waals surface area (Å²) in [6.07, 6.45) is 10.00. The molecule has 2 heterocycles. The number of halogens is 2. The molecule has 4 fully saturated rings. The first-order chi connectivity index (χ1) is 29.0. The lowest BCUT2D eigenvalue weighted by Crippen LogP contribution is -2.48. The van der Waals surface area contributed by atoms with Crippen LogP contribution in [0.3, 0.4) is 0 Å². The molecule has 0 unspecified atom stereocenters. The third kappa shape index (κ3) is 9.32. The molecular formula is C46H52F2N6O6. The van der Waals surface area contributed by atoms with Crippen LogP contribution in [0.2, 0.25) is 0 Å². The molecule has 14 heteroatoms. The Morgan fingerprint density at radius 3 is 1.18 bits per heavy atom. The SMILES string of the molecule is COc1ccc([C@H]2[C@H](NC(=O)Nc3ccc(F)cc3)C(=O)NC23CCCCC3)cc1.COc1ccc([C@H]2[C@H](NC(=O)Nc3ccc(F)cc3)C(=O)NC23CCCCC3)cc1. The highest BCUT2D eigenvalue weighted by Gasteiger charge is 2.55. The monoisotopic (exact) mass is 822 g/mol. The molecule has 2 saturated heterocycles. The summed E-state index contributed by atoms with van der Waals surface area (Å²) in [4.78, 5) is 51.2. The quantitative estimate of drug-likeness (QED) is 0.106. The molecule has 6 N–H and O–H groups in total. The van der Waals surface area contributed by atoms with Crippen molar-refractivity contribution in [2.45, 2.75) is 99.2 Å². The number of ether oxygens (including phenoxy) is 2. The number of amides is 6. The van der Waals surface area contributed by atoms with Crippen LogP contribution in [0.1, 0.15) is 87.2 Å². The molecule has 60 heavy (non-hydrogen) atoms. The van der Waals surface area contributed by atoms with Gasteiger partial charge in [-0.2, -0.15) is 0 Å². The van der Waals surface area contributed by atoms with Crippen molar-refractivity contribution < 1.29 is 37.4 Å². The van der Waals surface area contributed by atoms with Crippen LogP contribution in [0, 0.1) is 11.6 Å². The fourth-order valence-corrected chi connectivity index (χ4v) is 9.61. The topological polar surface area (TPSA) is 159 Å². The summed E-state index contributed by atoms with van der Waals surface area (Å²) in [6.45, 7) is 0. The molecule has 4 aromatic rings. The first kappa shape index (κ1) is 42.0. The normalized spacial score (nSPS) is 22.4. The minimum absolute atomic E-state index is 0.174. The smallest absolute Gasteiger partial charge is 0.319 e. The lowest BCUT2D eigenvalue weighted by atomic mass is 9.70. The van der Waals surface area contributed by atoms with Gasteiger partial charge in [0.2, 0.25) is 11.8 Å². The van der Waals surface area contributed by atoms with Gasteiger partial charge in [-0.25, -0.2) is 18.4 Å². The highest BCUT2D eigenvalue weighted by Crippen LogP contribution is 2.47. The zero-order valence-corrected chi connectivity index (χ0v) is 33.8. The number of anilines is 2. The Morgan fingerprint density at radius 2 is 0.867 bits per heavy atom. The number of benzene rings is 4. The van der Waals surface area contributed by atoms with Crippen molar-refractivity contribution in [3.8, 4) is 11.5 Å². The summed E-state index contributed by atoms with van der Waals surface area (Å²) in [7, 11) is 3.23. The van der Waals surface area contributed by atoms with E-state index in [2.05, 4.69) is 31.9 Å². The van der Waals surface area contributed by atoms with Gasteiger partial charge in [0.25, 0.3) is 0 Å². The summed E-state index contributed by atoms with van der Waals surface area (Å²) >= 11 is 0. The second-order valence-electron chi connectivity index (χ2n) is 16.1. The van der Waals surface area contributed by atoms with E-state index in [1.807, 2.05) is 48.5 Å². The van der Waals surface area contributed by atoms with Crippen LogP contribution < -0.4 is 41.4 Å². The molecule has 0 radical (unpaired) electrons. The van der Waals surface area contributed by atoms with Gasteiger partial charge >= 0.3 is 12.1 Å². The van der Waals surface area contributed by atoms with Crippen LogP contribution >= 0.6 is 0 Å². The first-order valence-electron chi connectivity index (χ1n) is 20.6. The molecule has 6 amide bonds. The average molecular weight is 823 g/mol. The molecule has 0 aromatic heterocycles. The van der Waals surface area contributed by atoms with Crippen molar-refractivity contribution in [3.63, 3.8) is 0 Å². The summed E-state index contributed by atoms with van der Waals surface area (Å²) in [5, 5.41) is 17.5. The van der Waals surface area contributed by atoms with Crippen LogP contribution in [0.5, 0.6) is 11.5 Å². The fraction of sp³-hybridized carbons (Fsp3) is 0.391. The second-order valence-corrected chi connectivity index (χ2v) is 16.1. The van der Waals surface area contributed by atoms with Gasteiger partial charge in [-0.1, -0.05) is 62.8 Å². The number of carbonyl (C=O) groups is 4. The molecule has 2 aliphatic heterocycles. The highest BCUT2D eigenvalue weighted by molar-refractivity contribution is 5.97. The number of hydrogen-bond donors (Lipinski definition) is 6. The highest BCUT2D eigenvalue weighted by atomic mass is 19.1. The van der Waals surface area contributed by atoms with Crippen molar-refractivity contribution in [2.24, 2.45) is 0 Å². The Labute approximate surface area is 348 Å². The fourth-order valence-electron chi connectivity index (χ4n) is 9.61. The van der Waals surface area contributed by atoms with E-state index in [9.17, 15) is 28.0 Å². The summed E-state index contributed by atoms with van der Waals surface area (Å²) in [5.41, 5.74) is 2.17. The maximum Gasteiger partial charge on any atom is 0.319 e. The minimum Gasteiger partial charge on any atom is -0.497 e. The molecule has 2 spiro atoms. The average Bonchev–Trinajstić information content (AvgIpc) is 3.66. The van der Waals surface area contributed by atoms with E-state index < -0.39 is 24.1 Å². The van der Waals surface area contributed by atoms with Crippen molar-refractivity contribution in [2.75, 3.05) is 24.9 Å². The van der Waals surface area contributed by atoms with E-state index in [1.54, 1.807) is 14.2 Å². The van der Waals surface area contributed by atoms with E-state index in [0.717, 1.165) is 86.8 Å². The Hall–Kier alpha value is -6.18. The van der Waals surface area contributed by atoms with Gasteiger partial charge < -0.3 is 41.4 Å². The number of rotatable bonds is 8. The zero-order valence-electron chi connectivity index (χ0n) is 33.8. The predicted molar refractivity (Wildman–Crippen MR) is 224 cm³/mol. The van der Waals surface area contributed by atoms with Crippen LogP contribution in [-0.2, 0) is 9.59 Å². The van der Waals surface area contributed by atoms with Crippen molar-refractivity contribution in [1.82, 2.24) is 21.3 Å². The van der Waals surface area contributed by atoms with Gasteiger partial charge in [-0.05, 0) is 110 Å². The number of carbonyl (C=O) groups excluding carboxylic acids is 4. The zero-order chi connectivity index (χ0) is 42.3. The van der Waals surface area contributed by atoms with Crippen molar-refractivity contribution >= 4 is 35.3 Å². The van der Waals surface area contributed by atoms with Crippen LogP contribution in [0.25, 0.3) is 0 Å². The molecule has 4 aliphatic rings. The molecule has 4 aromatic carbocycles. The Balaban J connectivity index is 0.000000181. The molecule has 12 nitrogen and oxygen atoms in total. The van der Waals surface area contributed by atoms with Crippen LogP contribution in [0.4, 0.5) is 29.7 Å². The van der Waals surface area contributed by atoms with E-state index in [-0.39, 0.29) is 46.4 Å². The van der Waals surface area contributed by atoms with Gasteiger partial charge in [0, 0.05) is 34.3 Å². The maximum absolute atomic E-state index is 13.1. The number of nitrogens with one attached hydrogen (secondary N) is 6. The molecule has 4 atom stereocenters. The van der Waals surface area contributed by atoms with E-state index >= 15 is 0 Å². The van der Waals surface area contributed by atoms with Crippen molar-refractivity contribution in [3.05, 3.63) is 120 Å². The molecule has 2 aliphatic carbocycles. The largest absolute Gasteiger partial charge is 0.497 e. The third-order valence-electron chi connectivity index (χ3n) is 12.4. The lowest BCUT2D eigenvalue weighted by Gasteiger charge is -2.39. The summed E-state index contributed by atoms with van der Waals surface area (Å²) < 4.78 is 36.8. The van der Waals surface area contributed by atoms with Gasteiger partial charge in [0.05, 0.1) is 14.2 Å². The summed E-state index contributed by atoms with van der Waals surface area (Å²) in [6, 6.07) is 24.0. The standard InChI is InChI=1S/2C23H26FN3O3/c2*1-30-18-11-5-15(6-12-18)19-20(21(28)27-23(19)13-3-2-4-14-23)26-22(29)25-17-9-7-16(24)8-10-17/h2*5-12,19-20H,2-4,13-14H2,1H3,(H,27,28)(H2,25,26,29)/t2*19-,20-/m00/s1. The van der Waals surface area contributed by atoms with Crippen LogP contribution in [0.15, 0.2) is 97.1 Å². The number of hydrogen-bond acceptors (Lipinski definition) is 6. The second kappa shape index (κ2) is 18.4. The maximum atomic E-state index is 13.1. The Bertz CT molecular complexity index is 1970. The van der Waals surface area contributed by atoms with E-state index in [1.165, 1.54) is 48.5 Å². The molecular weight excluding hydrogens is 771 g/mol. The van der Waals surface area contributed by atoms with Gasteiger partial charge in [-0.15, -0.1) is 0 Å². The molecule has 0 bridgehead atoms. The van der Waals surface area contributed by atoms with Gasteiger partial charge in [0.15, 0.2) is 0 Å². The van der Waals surface area contributed by atoms with Crippen molar-refractivity contribution in [1.29, 1.82) is 0 Å². The van der Waals surface area contributed by atoms with Gasteiger partial charge in [-0.3, -0.25) is 9.59 Å². The predicted octanol–water partition coefficient (Wildman–Crippen LogP) is 7.88. The van der Waals surface area contributed by atoms with E-state index in [0.29, 0.717) is 11.4 Å². The van der Waals surface area contributed by atoms with Gasteiger partial charge in [0.1, 0.15) is 35.2 Å². The lowest BCUT2D eigenvalue weighted by molar-refractivity contribution is -0.122. The third-order valence-corrected chi connectivity index (χ3v) is 12.4. The summed E-state index contributed by atoms with van der Waals surface area (Å²) in [5.74, 6) is 0.00810. The molecule has 2 saturated carbocycles. The minimum atomic E-state index is -0.697. The van der Waals surface area contributed by atoms with Crippen LogP contribution in [-0.4, -0.2) is 61.3 Å². The van der Waals surface area contributed by atoms with E-state index in [4.69, 9.17) is 9.47 Å². The number of urea groups is 2. The Kier molecular flexibility index (Phi) is 12.9. The molecule has 8 rings (SSSR count).